The molecule has 1 unspecified atom stereocenters. The summed E-state index contributed by atoms with van der Waals surface area (Å²) < 4.78 is 18.9. The van der Waals surface area contributed by atoms with E-state index in [0.29, 0.717) is 37.2 Å². The largest absolute Gasteiger partial charge is 0.494 e. The molecular weight excluding hydrogens is 382 g/mol. The molecule has 0 fully saturated rings. The maximum Gasteiger partial charge on any atom is 0.280 e. The van der Waals surface area contributed by atoms with Crippen LogP contribution < -0.4 is 4.74 Å². The summed E-state index contributed by atoms with van der Waals surface area (Å²) in [5.74, 6) is 1.72. The first-order valence-corrected chi connectivity index (χ1v) is 9.89. The van der Waals surface area contributed by atoms with Gasteiger partial charge in [0.05, 0.1) is 25.5 Å². The zero-order valence-corrected chi connectivity index (χ0v) is 16.8. The molecule has 0 aliphatic carbocycles. The maximum atomic E-state index is 6.08. The molecule has 30 heavy (non-hydrogen) atoms. The van der Waals surface area contributed by atoms with Crippen LogP contribution in [0.5, 0.6) is 5.75 Å². The highest BCUT2D eigenvalue weighted by molar-refractivity contribution is 5.59. The molecule has 0 amide bonds. The quantitative estimate of drug-likeness (QED) is 0.498. The molecule has 0 spiro atoms. The number of hydrogen-bond donors (Lipinski definition) is 0. The summed E-state index contributed by atoms with van der Waals surface area (Å²) in [7, 11) is 0. The van der Waals surface area contributed by atoms with Crippen LogP contribution in [0.4, 0.5) is 0 Å². The third-order valence-corrected chi connectivity index (χ3v) is 5.10. The molecule has 4 aromatic rings. The minimum absolute atomic E-state index is 0.103. The normalized spacial score (nSPS) is 15.7. The first-order chi connectivity index (χ1) is 14.7. The van der Waals surface area contributed by atoms with Gasteiger partial charge in [0.15, 0.2) is 5.69 Å². The zero-order chi connectivity index (χ0) is 20.5. The number of hydrogen-bond acceptors (Lipinski definition) is 7. The van der Waals surface area contributed by atoms with E-state index in [9.17, 15) is 0 Å². The van der Waals surface area contributed by atoms with E-state index in [0.717, 1.165) is 22.6 Å². The molecule has 1 atom stereocenters. The molecule has 8 heteroatoms. The third kappa shape index (κ3) is 3.46. The fourth-order valence-electron chi connectivity index (χ4n) is 3.46. The van der Waals surface area contributed by atoms with E-state index in [1.165, 1.54) is 5.56 Å². The van der Waals surface area contributed by atoms with Crippen molar-refractivity contribution in [1.82, 2.24) is 25.1 Å². The predicted octanol–water partition coefficient (Wildman–Crippen LogP) is 3.97. The third-order valence-electron chi connectivity index (χ3n) is 5.10. The number of aryl methyl sites for hydroxylation is 1. The summed E-state index contributed by atoms with van der Waals surface area (Å²) in [6.07, 6.45) is -0.103. The van der Waals surface area contributed by atoms with Crippen molar-refractivity contribution in [1.29, 1.82) is 0 Å². The van der Waals surface area contributed by atoms with E-state index >= 15 is 0 Å². The van der Waals surface area contributed by atoms with Gasteiger partial charge < -0.3 is 14.0 Å². The van der Waals surface area contributed by atoms with Crippen molar-refractivity contribution in [2.24, 2.45) is 0 Å². The smallest absolute Gasteiger partial charge is 0.280 e. The monoisotopic (exact) mass is 403 g/mol. The minimum Gasteiger partial charge on any atom is -0.494 e. The highest BCUT2D eigenvalue weighted by Gasteiger charge is 2.28. The van der Waals surface area contributed by atoms with Crippen LogP contribution in [-0.4, -0.2) is 31.7 Å². The first kappa shape index (κ1) is 18.5. The Hall–Kier alpha value is -3.52. The van der Waals surface area contributed by atoms with Crippen molar-refractivity contribution in [3.8, 4) is 28.7 Å². The average molecular weight is 403 g/mol. The Bertz CT molecular complexity index is 1150. The van der Waals surface area contributed by atoms with Crippen molar-refractivity contribution < 1.29 is 14.0 Å². The van der Waals surface area contributed by atoms with Gasteiger partial charge in [0, 0.05) is 5.56 Å². The van der Waals surface area contributed by atoms with Crippen LogP contribution in [-0.2, 0) is 17.9 Å². The Balaban J connectivity index is 1.36. The van der Waals surface area contributed by atoms with Crippen LogP contribution in [0.1, 0.15) is 29.8 Å². The Morgan fingerprint density at radius 3 is 2.67 bits per heavy atom. The highest BCUT2D eigenvalue weighted by atomic mass is 16.5. The van der Waals surface area contributed by atoms with Gasteiger partial charge in [-0.05, 0) is 31.5 Å². The molecule has 0 N–H and O–H groups in total. The summed E-state index contributed by atoms with van der Waals surface area (Å²) in [4.78, 5) is 4.50. The summed E-state index contributed by atoms with van der Waals surface area (Å²) >= 11 is 0. The molecule has 152 valence electrons. The summed E-state index contributed by atoms with van der Waals surface area (Å²) in [5.41, 5.74) is 4.53. The van der Waals surface area contributed by atoms with E-state index < -0.39 is 0 Å². The predicted molar refractivity (Wildman–Crippen MR) is 109 cm³/mol. The summed E-state index contributed by atoms with van der Waals surface area (Å²) in [6, 6.07) is 15.9. The number of ether oxygens (including phenoxy) is 2. The lowest BCUT2D eigenvalue weighted by Gasteiger charge is -2.24. The molecule has 0 radical (unpaired) electrons. The minimum atomic E-state index is -0.103. The molecule has 2 aromatic carbocycles. The van der Waals surface area contributed by atoms with Gasteiger partial charge in [-0.15, -0.1) is 5.10 Å². The number of rotatable bonds is 5. The lowest BCUT2D eigenvalue weighted by atomic mass is 10.1. The van der Waals surface area contributed by atoms with E-state index in [1.54, 1.807) is 0 Å². The second-order valence-electron chi connectivity index (χ2n) is 7.16. The van der Waals surface area contributed by atoms with E-state index in [-0.39, 0.29) is 6.10 Å². The lowest BCUT2D eigenvalue weighted by molar-refractivity contribution is -0.00119. The average Bonchev–Trinajstić information content (AvgIpc) is 3.42. The van der Waals surface area contributed by atoms with Crippen LogP contribution in [0.25, 0.3) is 23.0 Å². The van der Waals surface area contributed by atoms with Gasteiger partial charge in [0.1, 0.15) is 11.9 Å². The lowest BCUT2D eigenvalue weighted by Crippen LogP contribution is -2.22. The standard InChI is InChI=1S/C22H21N5O3/c1-3-28-17-10-8-15(9-11-17)19-12-27-18(13-29-19)20(24-26-27)22-23-21(25-30-22)16-6-4-14(2)5-7-16/h4-11,19H,3,12-13H2,1-2H3. The van der Waals surface area contributed by atoms with Crippen molar-refractivity contribution in [3.05, 3.63) is 65.4 Å². The molecular formula is C22H21N5O3. The van der Waals surface area contributed by atoms with E-state index in [4.69, 9.17) is 14.0 Å². The van der Waals surface area contributed by atoms with Gasteiger partial charge in [-0.1, -0.05) is 52.3 Å². The molecule has 1 aliphatic heterocycles. The second kappa shape index (κ2) is 7.72. The van der Waals surface area contributed by atoms with Gasteiger partial charge in [0.2, 0.25) is 5.82 Å². The molecule has 0 saturated heterocycles. The van der Waals surface area contributed by atoms with Crippen molar-refractivity contribution in [3.63, 3.8) is 0 Å². The molecule has 3 heterocycles. The highest BCUT2D eigenvalue weighted by Crippen LogP contribution is 2.31. The topological polar surface area (TPSA) is 88.1 Å². The van der Waals surface area contributed by atoms with Gasteiger partial charge in [0.25, 0.3) is 5.89 Å². The zero-order valence-electron chi connectivity index (χ0n) is 16.8. The number of aromatic nitrogens is 5. The Labute approximate surface area is 173 Å². The van der Waals surface area contributed by atoms with E-state index in [2.05, 4.69) is 20.5 Å². The fraction of sp³-hybridized carbons (Fsp3) is 0.273. The summed E-state index contributed by atoms with van der Waals surface area (Å²) in [6.45, 7) is 5.58. The number of nitrogens with zero attached hydrogens (tertiary/aromatic N) is 5. The fourth-order valence-corrected chi connectivity index (χ4v) is 3.46. The molecule has 5 rings (SSSR count). The van der Waals surface area contributed by atoms with Crippen LogP contribution >= 0.6 is 0 Å². The number of fused-ring (bicyclic) bond motifs is 1. The van der Waals surface area contributed by atoms with Crippen molar-refractivity contribution in [2.45, 2.75) is 33.1 Å². The van der Waals surface area contributed by atoms with Crippen LogP contribution in [0, 0.1) is 6.92 Å². The molecule has 2 aromatic heterocycles. The number of benzene rings is 2. The Morgan fingerprint density at radius 2 is 1.90 bits per heavy atom. The first-order valence-electron chi connectivity index (χ1n) is 9.89. The van der Waals surface area contributed by atoms with Crippen LogP contribution in [0.3, 0.4) is 0 Å². The van der Waals surface area contributed by atoms with Gasteiger partial charge in [-0.3, -0.25) is 0 Å². The van der Waals surface area contributed by atoms with Crippen molar-refractivity contribution >= 4 is 0 Å². The molecule has 0 bridgehead atoms. The van der Waals surface area contributed by atoms with Crippen molar-refractivity contribution in [2.75, 3.05) is 6.61 Å². The maximum absolute atomic E-state index is 6.08. The SMILES string of the molecule is CCOc1ccc(C2Cn3nnc(-c4nc(-c5ccc(C)cc5)no4)c3CO2)cc1. The summed E-state index contributed by atoms with van der Waals surface area (Å²) in [5, 5.41) is 12.6. The van der Waals surface area contributed by atoms with Crippen LogP contribution in [0.2, 0.25) is 0 Å². The van der Waals surface area contributed by atoms with Gasteiger partial charge in [-0.25, -0.2) is 4.68 Å². The van der Waals surface area contributed by atoms with E-state index in [1.807, 2.05) is 67.1 Å². The molecule has 8 nitrogen and oxygen atoms in total. The Morgan fingerprint density at radius 1 is 1.10 bits per heavy atom. The molecule has 0 saturated carbocycles. The van der Waals surface area contributed by atoms with Crippen LogP contribution in [0.15, 0.2) is 53.1 Å². The van der Waals surface area contributed by atoms with Gasteiger partial charge in [-0.2, -0.15) is 4.98 Å². The molecule has 1 aliphatic rings. The Kier molecular flexibility index (Phi) is 4.76. The van der Waals surface area contributed by atoms with Gasteiger partial charge >= 0.3 is 0 Å². The second-order valence-corrected chi connectivity index (χ2v) is 7.16.